The molecule has 0 spiro atoms. The Morgan fingerprint density at radius 1 is 1.03 bits per heavy atom. The number of esters is 1. The minimum atomic E-state index is -0.499. The molecule has 0 atom stereocenters. The van der Waals surface area contributed by atoms with Gasteiger partial charge in [0.25, 0.3) is 0 Å². The Hall–Kier alpha value is -3.61. The van der Waals surface area contributed by atoms with Crippen molar-refractivity contribution in [3.05, 3.63) is 60.3 Å². The lowest BCUT2D eigenvalue weighted by Gasteiger charge is -2.14. The minimum absolute atomic E-state index is 0.00222. The van der Waals surface area contributed by atoms with Crippen LogP contribution in [0.4, 0.5) is 5.69 Å². The molecule has 0 unspecified atom stereocenters. The van der Waals surface area contributed by atoms with E-state index in [9.17, 15) is 9.59 Å². The zero-order chi connectivity index (χ0) is 23.1. The predicted molar refractivity (Wildman–Crippen MR) is 124 cm³/mol. The lowest BCUT2D eigenvalue weighted by atomic mass is 10.0. The first kappa shape index (κ1) is 23.1. The van der Waals surface area contributed by atoms with Crippen LogP contribution in [0.5, 0.6) is 5.75 Å². The van der Waals surface area contributed by atoms with Gasteiger partial charge in [-0.05, 0) is 50.1 Å². The van der Waals surface area contributed by atoms with E-state index in [1.807, 2.05) is 62.4 Å². The number of hydrogen-bond donors (Lipinski definition) is 1. The Labute approximate surface area is 188 Å². The molecule has 32 heavy (non-hydrogen) atoms. The van der Waals surface area contributed by atoms with Gasteiger partial charge in [0.1, 0.15) is 11.4 Å². The zero-order valence-electron chi connectivity index (χ0n) is 18.9. The number of para-hydroxylation sites is 2. The van der Waals surface area contributed by atoms with Gasteiger partial charge in [0.05, 0.1) is 19.4 Å². The van der Waals surface area contributed by atoms with Crippen molar-refractivity contribution in [1.82, 2.24) is 9.78 Å². The molecule has 1 heterocycles. The zero-order valence-corrected chi connectivity index (χ0v) is 18.9. The highest BCUT2D eigenvalue weighted by molar-refractivity contribution is 5.93. The molecule has 0 aliphatic carbocycles. The van der Waals surface area contributed by atoms with E-state index in [1.165, 1.54) is 0 Å². The fourth-order valence-electron chi connectivity index (χ4n) is 3.54. The molecule has 1 aromatic heterocycles. The molecular weight excluding hydrogens is 406 g/mol. The van der Waals surface area contributed by atoms with E-state index in [-0.39, 0.29) is 24.1 Å². The number of rotatable bonds is 9. The van der Waals surface area contributed by atoms with E-state index in [0.717, 1.165) is 18.4 Å². The number of methoxy groups -OCH3 is 1. The molecule has 1 amide bonds. The highest BCUT2D eigenvalue weighted by Gasteiger charge is 2.20. The summed E-state index contributed by atoms with van der Waals surface area (Å²) >= 11 is 0. The van der Waals surface area contributed by atoms with Gasteiger partial charge < -0.3 is 14.8 Å². The number of amides is 1. The SMILES string of the molecule is CCOC(=O)c1cc(-c2cccc(NC(=O)C(CC)CC)c2)n(-c2ccccc2OC)n1. The predicted octanol–water partition coefficient (Wildman–Crippen LogP) is 5.10. The van der Waals surface area contributed by atoms with E-state index in [1.54, 1.807) is 24.8 Å². The molecule has 0 saturated heterocycles. The Bertz CT molecular complexity index is 1090. The van der Waals surface area contributed by atoms with Gasteiger partial charge in [0.2, 0.25) is 5.91 Å². The summed E-state index contributed by atoms with van der Waals surface area (Å²) in [5, 5.41) is 7.50. The van der Waals surface area contributed by atoms with Gasteiger partial charge >= 0.3 is 5.97 Å². The maximum atomic E-state index is 12.6. The lowest BCUT2D eigenvalue weighted by Crippen LogP contribution is -2.21. The number of aromatic nitrogens is 2. The monoisotopic (exact) mass is 435 g/mol. The van der Waals surface area contributed by atoms with Crippen LogP contribution in [-0.4, -0.2) is 35.4 Å². The van der Waals surface area contributed by atoms with Crippen LogP contribution in [0.2, 0.25) is 0 Å². The van der Waals surface area contributed by atoms with E-state index in [2.05, 4.69) is 10.4 Å². The van der Waals surface area contributed by atoms with Crippen molar-refractivity contribution in [3.63, 3.8) is 0 Å². The van der Waals surface area contributed by atoms with Gasteiger partial charge in [-0.25, -0.2) is 9.48 Å². The fourth-order valence-corrected chi connectivity index (χ4v) is 3.54. The van der Waals surface area contributed by atoms with E-state index in [0.29, 0.717) is 22.8 Å². The average Bonchev–Trinajstić information content (AvgIpc) is 3.26. The molecule has 7 heteroatoms. The number of benzene rings is 2. The lowest BCUT2D eigenvalue weighted by molar-refractivity contribution is -0.120. The maximum Gasteiger partial charge on any atom is 0.358 e. The molecule has 0 saturated carbocycles. The van der Waals surface area contributed by atoms with Crippen molar-refractivity contribution in [2.75, 3.05) is 19.0 Å². The summed E-state index contributed by atoms with van der Waals surface area (Å²) in [6.45, 7) is 6.02. The molecular formula is C25H29N3O4. The van der Waals surface area contributed by atoms with Gasteiger partial charge in [-0.15, -0.1) is 0 Å². The minimum Gasteiger partial charge on any atom is -0.494 e. The number of carbonyl (C=O) groups is 2. The number of anilines is 1. The third-order valence-corrected chi connectivity index (χ3v) is 5.29. The molecule has 7 nitrogen and oxygen atoms in total. The smallest absolute Gasteiger partial charge is 0.358 e. The Kier molecular flexibility index (Phi) is 7.65. The van der Waals surface area contributed by atoms with Gasteiger partial charge in [0, 0.05) is 17.2 Å². The van der Waals surface area contributed by atoms with E-state index < -0.39 is 5.97 Å². The summed E-state index contributed by atoms with van der Waals surface area (Å²) in [6, 6.07) is 16.6. The largest absolute Gasteiger partial charge is 0.494 e. The van der Waals surface area contributed by atoms with Crippen molar-refractivity contribution in [2.45, 2.75) is 33.6 Å². The molecule has 0 radical (unpaired) electrons. The van der Waals surface area contributed by atoms with Crippen molar-refractivity contribution in [2.24, 2.45) is 5.92 Å². The number of carbonyl (C=O) groups excluding carboxylic acids is 2. The molecule has 3 rings (SSSR count). The van der Waals surface area contributed by atoms with E-state index in [4.69, 9.17) is 9.47 Å². The summed E-state index contributed by atoms with van der Waals surface area (Å²) in [4.78, 5) is 24.9. The third-order valence-electron chi connectivity index (χ3n) is 5.29. The van der Waals surface area contributed by atoms with Crippen LogP contribution in [0.3, 0.4) is 0 Å². The molecule has 1 N–H and O–H groups in total. The standard InChI is InChI=1S/C25H29N3O4/c1-5-17(6-2)24(29)26-19-12-10-11-18(15-19)22-16-20(25(30)32-7-3)27-28(22)21-13-8-9-14-23(21)31-4/h8-17H,5-7H2,1-4H3,(H,26,29). The van der Waals surface area contributed by atoms with Crippen molar-refractivity contribution >= 4 is 17.6 Å². The molecule has 3 aromatic rings. The fraction of sp³-hybridized carbons (Fsp3) is 0.320. The average molecular weight is 436 g/mol. The van der Waals surface area contributed by atoms with Gasteiger partial charge in [-0.1, -0.05) is 38.1 Å². The molecule has 0 bridgehead atoms. The summed E-state index contributed by atoms with van der Waals surface area (Å²) < 4.78 is 12.3. The maximum absolute atomic E-state index is 12.6. The van der Waals surface area contributed by atoms with Crippen molar-refractivity contribution in [1.29, 1.82) is 0 Å². The second kappa shape index (κ2) is 10.6. The van der Waals surface area contributed by atoms with Crippen molar-refractivity contribution in [3.8, 4) is 22.7 Å². The van der Waals surface area contributed by atoms with Crippen LogP contribution in [0.25, 0.3) is 16.9 Å². The molecule has 2 aromatic carbocycles. The molecule has 0 aliphatic heterocycles. The number of ether oxygens (including phenoxy) is 2. The summed E-state index contributed by atoms with van der Waals surface area (Å²) in [5.74, 6) is 0.0804. The highest BCUT2D eigenvalue weighted by Crippen LogP contribution is 2.30. The Morgan fingerprint density at radius 3 is 2.47 bits per heavy atom. The van der Waals surface area contributed by atoms with E-state index >= 15 is 0 Å². The summed E-state index contributed by atoms with van der Waals surface area (Å²) in [6.07, 6.45) is 1.57. The van der Waals surface area contributed by atoms with Gasteiger partial charge in [0.15, 0.2) is 5.69 Å². The summed E-state index contributed by atoms with van der Waals surface area (Å²) in [5.41, 5.74) is 3.04. The second-order valence-corrected chi connectivity index (χ2v) is 7.30. The van der Waals surface area contributed by atoms with Crippen LogP contribution in [0.1, 0.15) is 44.1 Å². The van der Waals surface area contributed by atoms with Gasteiger partial charge in [-0.3, -0.25) is 4.79 Å². The first-order valence-electron chi connectivity index (χ1n) is 10.8. The second-order valence-electron chi connectivity index (χ2n) is 7.30. The highest BCUT2D eigenvalue weighted by atomic mass is 16.5. The molecule has 0 aliphatic rings. The first-order valence-corrected chi connectivity index (χ1v) is 10.8. The number of hydrogen-bond acceptors (Lipinski definition) is 5. The number of nitrogens with zero attached hydrogens (tertiary/aromatic N) is 2. The molecule has 0 fully saturated rings. The van der Waals surface area contributed by atoms with Crippen LogP contribution in [-0.2, 0) is 9.53 Å². The third kappa shape index (κ3) is 4.99. The van der Waals surface area contributed by atoms with Crippen LogP contribution < -0.4 is 10.1 Å². The van der Waals surface area contributed by atoms with Crippen molar-refractivity contribution < 1.29 is 19.1 Å². The Morgan fingerprint density at radius 2 is 1.78 bits per heavy atom. The normalized spacial score (nSPS) is 10.8. The van der Waals surface area contributed by atoms with Crippen LogP contribution in [0.15, 0.2) is 54.6 Å². The van der Waals surface area contributed by atoms with Crippen LogP contribution >= 0.6 is 0 Å². The quantitative estimate of drug-likeness (QED) is 0.473. The topological polar surface area (TPSA) is 82.5 Å². The first-order chi connectivity index (χ1) is 15.5. The van der Waals surface area contributed by atoms with Crippen LogP contribution in [0, 0.1) is 5.92 Å². The summed E-state index contributed by atoms with van der Waals surface area (Å²) in [7, 11) is 1.59. The Balaban J connectivity index is 2.07. The number of nitrogens with one attached hydrogen (secondary N) is 1. The molecule has 168 valence electrons. The van der Waals surface area contributed by atoms with Gasteiger partial charge in [-0.2, -0.15) is 5.10 Å².